The van der Waals surface area contributed by atoms with Gasteiger partial charge in [-0.15, -0.1) is 0 Å². The summed E-state index contributed by atoms with van der Waals surface area (Å²) >= 11 is 0. The first-order chi connectivity index (χ1) is 11.7. The normalized spacial score (nSPS) is 13.9. The van der Waals surface area contributed by atoms with Crippen LogP contribution in [0, 0.1) is 0 Å². The van der Waals surface area contributed by atoms with E-state index in [2.05, 4.69) is 33.6 Å². The highest BCUT2D eigenvalue weighted by Crippen LogP contribution is 2.19. The van der Waals surface area contributed by atoms with Gasteiger partial charge in [-0.05, 0) is 12.8 Å². The lowest BCUT2D eigenvalue weighted by molar-refractivity contribution is 0.0995. The Labute approximate surface area is 146 Å². The number of rotatable bonds is 7. The third-order valence-electron chi connectivity index (χ3n) is 3.56. The molecule has 0 atom stereocenters. The maximum Gasteiger partial charge on any atom is 0.267 e. The van der Waals surface area contributed by atoms with Crippen LogP contribution in [0.1, 0.15) is 52.5 Å². The molecule has 0 aromatic carbocycles. The molecule has 1 aliphatic rings. The van der Waals surface area contributed by atoms with E-state index < -0.39 is 5.91 Å². The van der Waals surface area contributed by atoms with E-state index >= 15 is 0 Å². The second kappa shape index (κ2) is 10.8. The molecule has 0 spiro atoms. The molecule has 0 bridgehead atoms. The van der Waals surface area contributed by atoms with Crippen molar-refractivity contribution in [2.75, 3.05) is 49.2 Å². The first-order valence-electron chi connectivity index (χ1n) is 8.92. The van der Waals surface area contributed by atoms with Crippen LogP contribution in [0.4, 0.5) is 11.8 Å². The summed E-state index contributed by atoms with van der Waals surface area (Å²) in [5, 5.41) is 0. The van der Waals surface area contributed by atoms with Gasteiger partial charge < -0.3 is 20.3 Å². The predicted molar refractivity (Wildman–Crippen MR) is 99.8 cm³/mol. The van der Waals surface area contributed by atoms with Crippen molar-refractivity contribution >= 4 is 17.7 Å². The third kappa shape index (κ3) is 5.63. The van der Waals surface area contributed by atoms with Crippen molar-refractivity contribution in [2.24, 2.45) is 5.73 Å². The molecule has 2 heterocycles. The average Bonchev–Trinajstić information content (AvgIpc) is 2.63. The molecule has 0 unspecified atom stereocenters. The van der Waals surface area contributed by atoms with E-state index in [1.54, 1.807) is 6.07 Å². The zero-order valence-corrected chi connectivity index (χ0v) is 15.4. The summed E-state index contributed by atoms with van der Waals surface area (Å²) in [5.41, 5.74) is 5.71. The van der Waals surface area contributed by atoms with Gasteiger partial charge in [-0.2, -0.15) is 4.98 Å². The molecule has 2 N–H and O–H groups in total. The smallest absolute Gasteiger partial charge is 0.267 e. The fraction of sp³-hybridized carbons (Fsp3) is 0.706. The summed E-state index contributed by atoms with van der Waals surface area (Å²) in [7, 11) is 0. The van der Waals surface area contributed by atoms with E-state index in [-0.39, 0.29) is 7.12 Å². The first kappa shape index (κ1) is 20.2. The summed E-state index contributed by atoms with van der Waals surface area (Å²) in [4.78, 5) is 24.8. The molecule has 0 saturated carbocycles. The number of primary amides is 1. The number of aromatic nitrogens is 2. The van der Waals surface area contributed by atoms with Gasteiger partial charge in [-0.25, -0.2) is 4.98 Å². The Hall–Kier alpha value is -1.89. The topological polar surface area (TPSA) is 84.6 Å². The number of carbonyl (C=O) groups is 1. The number of nitrogens with two attached hydrogens (primary N) is 1. The molecule has 1 aromatic rings. The summed E-state index contributed by atoms with van der Waals surface area (Å²) in [6, 6.07) is 1.67. The molecule has 138 valence electrons. The number of hydrogen-bond donors (Lipinski definition) is 1. The molecule has 1 amide bonds. The van der Waals surface area contributed by atoms with Gasteiger partial charge in [0.15, 0.2) is 0 Å². The number of amides is 1. The molecule has 1 saturated heterocycles. The van der Waals surface area contributed by atoms with Crippen LogP contribution in [-0.2, 0) is 4.74 Å². The SMILES string of the molecule is CC.CCCN(CCC)c1nc(C(N)=O)cc(N2CCOCC2)n1.[HH]. The van der Waals surface area contributed by atoms with Gasteiger partial charge in [-0.3, -0.25) is 4.79 Å². The number of hydrogen-bond acceptors (Lipinski definition) is 6. The highest BCUT2D eigenvalue weighted by Gasteiger charge is 2.18. The quantitative estimate of drug-likeness (QED) is 0.820. The molecule has 1 fully saturated rings. The molecule has 7 heteroatoms. The van der Waals surface area contributed by atoms with Crippen LogP contribution in [0.2, 0.25) is 0 Å². The van der Waals surface area contributed by atoms with Gasteiger partial charge in [0.1, 0.15) is 11.5 Å². The largest absolute Gasteiger partial charge is 0.378 e. The minimum Gasteiger partial charge on any atom is -0.378 e. The van der Waals surface area contributed by atoms with E-state index in [1.165, 1.54) is 0 Å². The van der Waals surface area contributed by atoms with Gasteiger partial charge in [0.05, 0.1) is 13.2 Å². The van der Waals surface area contributed by atoms with Gasteiger partial charge in [0, 0.05) is 33.7 Å². The Morgan fingerprint density at radius 2 is 1.83 bits per heavy atom. The minimum atomic E-state index is -0.522. The minimum absolute atomic E-state index is 0. The van der Waals surface area contributed by atoms with Crippen LogP contribution >= 0.6 is 0 Å². The lowest BCUT2D eigenvalue weighted by Crippen LogP contribution is -2.37. The van der Waals surface area contributed by atoms with Crippen LogP contribution in [-0.4, -0.2) is 55.3 Å². The fourth-order valence-electron chi connectivity index (χ4n) is 2.50. The third-order valence-corrected chi connectivity index (χ3v) is 3.56. The van der Waals surface area contributed by atoms with E-state index in [0.717, 1.165) is 44.8 Å². The summed E-state index contributed by atoms with van der Waals surface area (Å²) in [6.07, 6.45) is 1.99. The second-order valence-electron chi connectivity index (χ2n) is 5.36. The Balaban J connectivity index is 0.00000185. The molecular weight excluding hydrogens is 306 g/mol. The van der Waals surface area contributed by atoms with E-state index in [1.807, 2.05) is 13.8 Å². The Kier molecular flexibility index (Phi) is 9.07. The number of carbonyl (C=O) groups excluding carboxylic acids is 1. The van der Waals surface area contributed by atoms with Crippen molar-refractivity contribution in [1.82, 2.24) is 9.97 Å². The van der Waals surface area contributed by atoms with Crippen molar-refractivity contribution in [1.29, 1.82) is 0 Å². The number of nitrogens with zero attached hydrogens (tertiary/aromatic N) is 4. The summed E-state index contributed by atoms with van der Waals surface area (Å²) in [6.45, 7) is 12.8. The molecule has 2 rings (SSSR count). The zero-order valence-electron chi connectivity index (χ0n) is 15.4. The van der Waals surface area contributed by atoms with Gasteiger partial charge >= 0.3 is 0 Å². The van der Waals surface area contributed by atoms with Crippen LogP contribution in [0.15, 0.2) is 6.07 Å². The molecular formula is C17H33N5O2. The summed E-state index contributed by atoms with van der Waals surface area (Å²) < 4.78 is 5.37. The molecule has 7 nitrogen and oxygen atoms in total. The van der Waals surface area contributed by atoms with E-state index in [4.69, 9.17) is 10.5 Å². The molecule has 0 aliphatic carbocycles. The molecule has 24 heavy (non-hydrogen) atoms. The van der Waals surface area contributed by atoms with Crippen molar-refractivity contribution < 1.29 is 11.0 Å². The number of ether oxygens (including phenoxy) is 1. The van der Waals surface area contributed by atoms with Gasteiger partial charge in [0.25, 0.3) is 5.91 Å². The molecule has 0 radical (unpaired) electrons. The van der Waals surface area contributed by atoms with Crippen LogP contribution < -0.4 is 15.5 Å². The van der Waals surface area contributed by atoms with Gasteiger partial charge in [0.2, 0.25) is 5.95 Å². The molecule has 1 aliphatic heterocycles. The Morgan fingerprint density at radius 3 is 2.33 bits per heavy atom. The number of anilines is 2. The molecule has 1 aromatic heterocycles. The maximum absolute atomic E-state index is 11.6. The van der Waals surface area contributed by atoms with Crippen LogP contribution in [0.5, 0.6) is 0 Å². The van der Waals surface area contributed by atoms with Gasteiger partial charge in [-0.1, -0.05) is 27.7 Å². The average molecular weight is 339 g/mol. The lowest BCUT2D eigenvalue weighted by atomic mass is 10.3. The number of morpholine rings is 1. The van der Waals surface area contributed by atoms with Crippen molar-refractivity contribution in [3.63, 3.8) is 0 Å². The van der Waals surface area contributed by atoms with E-state index in [0.29, 0.717) is 19.2 Å². The Bertz CT molecular complexity index is 504. The fourth-order valence-corrected chi connectivity index (χ4v) is 2.50. The maximum atomic E-state index is 11.6. The standard InChI is InChI=1S/C15H25N5O2.C2H6.H2/c1-3-5-20(6-4-2)15-17-12(14(16)21)11-13(18-15)19-7-9-22-10-8-19;1-2;/h11H,3-10H2,1-2H3,(H2,16,21);1-2H3;1H. The van der Waals surface area contributed by atoms with Crippen molar-refractivity contribution in [3.05, 3.63) is 11.8 Å². The first-order valence-corrected chi connectivity index (χ1v) is 8.92. The highest BCUT2D eigenvalue weighted by atomic mass is 16.5. The van der Waals surface area contributed by atoms with Crippen LogP contribution in [0.25, 0.3) is 0 Å². The zero-order chi connectivity index (χ0) is 17.9. The predicted octanol–water partition coefficient (Wildman–Crippen LogP) is 2.31. The summed E-state index contributed by atoms with van der Waals surface area (Å²) in [5.74, 6) is 0.812. The lowest BCUT2D eigenvalue weighted by Gasteiger charge is -2.29. The van der Waals surface area contributed by atoms with Crippen LogP contribution in [0.3, 0.4) is 0 Å². The second-order valence-corrected chi connectivity index (χ2v) is 5.36. The Morgan fingerprint density at radius 1 is 1.25 bits per heavy atom. The van der Waals surface area contributed by atoms with E-state index in [9.17, 15) is 4.79 Å². The van der Waals surface area contributed by atoms with Crippen molar-refractivity contribution in [2.45, 2.75) is 40.5 Å². The van der Waals surface area contributed by atoms with Crippen molar-refractivity contribution in [3.8, 4) is 0 Å². The highest BCUT2D eigenvalue weighted by molar-refractivity contribution is 5.91. The monoisotopic (exact) mass is 339 g/mol.